The summed E-state index contributed by atoms with van der Waals surface area (Å²) in [6.45, 7) is -0.438. The third-order valence-corrected chi connectivity index (χ3v) is 4.65. The van der Waals surface area contributed by atoms with Gasteiger partial charge in [-0.05, 0) is 29.8 Å². The summed E-state index contributed by atoms with van der Waals surface area (Å²) in [6, 6.07) is 13.4. The van der Waals surface area contributed by atoms with Gasteiger partial charge < -0.3 is 4.74 Å². The molecule has 0 radical (unpaired) electrons. The first kappa shape index (κ1) is 19.7. The number of anilines is 1. The molecule has 2 rings (SSSR count). The zero-order chi connectivity index (χ0) is 19.2. The monoisotopic (exact) mass is 395 g/mol. The first-order valence-corrected chi connectivity index (χ1v) is 9.72. The van der Waals surface area contributed by atoms with Crippen molar-refractivity contribution in [3.8, 4) is 5.75 Å². The lowest BCUT2D eigenvalue weighted by atomic mass is 10.2. The molecular weight excluding hydrogens is 378 g/mol. The van der Waals surface area contributed by atoms with E-state index in [4.69, 9.17) is 16.3 Å². The summed E-state index contributed by atoms with van der Waals surface area (Å²) in [6.07, 6.45) is 2.43. The molecule has 0 aliphatic heterocycles. The molecule has 0 aliphatic rings. The highest BCUT2D eigenvalue weighted by atomic mass is 35.5. The van der Waals surface area contributed by atoms with Crippen molar-refractivity contribution in [2.24, 2.45) is 5.10 Å². The van der Waals surface area contributed by atoms with Gasteiger partial charge in [-0.25, -0.2) is 13.8 Å². The van der Waals surface area contributed by atoms with Crippen molar-refractivity contribution in [3.63, 3.8) is 0 Å². The molecule has 0 aromatic heterocycles. The Hall–Kier alpha value is -2.58. The molecule has 0 spiro atoms. The van der Waals surface area contributed by atoms with Crippen molar-refractivity contribution < 1.29 is 17.9 Å². The van der Waals surface area contributed by atoms with Crippen LogP contribution >= 0.6 is 11.6 Å². The molecule has 2 aromatic carbocycles. The highest BCUT2D eigenvalue weighted by Crippen LogP contribution is 2.29. The quantitative estimate of drug-likeness (QED) is 0.575. The van der Waals surface area contributed by atoms with Crippen LogP contribution in [0.15, 0.2) is 53.6 Å². The molecule has 1 amide bonds. The van der Waals surface area contributed by atoms with Gasteiger partial charge in [-0.15, -0.1) is 0 Å². The topological polar surface area (TPSA) is 88.1 Å². The molecule has 0 unspecified atom stereocenters. The molecule has 138 valence electrons. The fourth-order valence-electron chi connectivity index (χ4n) is 2.15. The van der Waals surface area contributed by atoms with Crippen LogP contribution in [0.5, 0.6) is 5.75 Å². The molecule has 0 atom stereocenters. The van der Waals surface area contributed by atoms with E-state index in [0.29, 0.717) is 16.3 Å². The van der Waals surface area contributed by atoms with Gasteiger partial charge in [0, 0.05) is 5.02 Å². The van der Waals surface area contributed by atoms with Gasteiger partial charge in [0.05, 0.1) is 25.3 Å². The van der Waals surface area contributed by atoms with E-state index in [-0.39, 0.29) is 5.69 Å². The zero-order valence-electron chi connectivity index (χ0n) is 14.2. The number of hydrazone groups is 1. The molecule has 9 heteroatoms. The lowest BCUT2D eigenvalue weighted by Gasteiger charge is -2.23. The van der Waals surface area contributed by atoms with Crippen LogP contribution in [0, 0.1) is 0 Å². The van der Waals surface area contributed by atoms with E-state index in [1.807, 2.05) is 0 Å². The standard InChI is InChI=1S/C17H18ClN3O4S/c1-25-16-9-4-3-8-15(16)21(26(2,23)24)12-17(22)20-19-11-13-6-5-7-14(18)10-13/h3-11H,12H2,1-2H3,(H,20,22)/b19-11-. The minimum absolute atomic E-state index is 0.270. The van der Waals surface area contributed by atoms with E-state index in [1.165, 1.54) is 13.3 Å². The number of halogens is 1. The van der Waals surface area contributed by atoms with Gasteiger partial charge >= 0.3 is 0 Å². The van der Waals surface area contributed by atoms with Crippen molar-refractivity contribution in [2.75, 3.05) is 24.2 Å². The largest absolute Gasteiger partial charge is 0.495 e. The van der Waals surface area contributed by atoms with Gasteiger partial charge in [-0.1, -0.05) is 35.9 Å². The first-order chi connectivity index (χ1) is 12.3. The van der Waals surface area contributed by atoms with E-state index >= 15 is 0 Å². The summed E-state index contributed by atoms with van der Waals surface area (Å²) < 4.78 is 30.3. The predicted molar refractivity (Wildman–Crippen MR) is 102 cm³/mol. The highest BCUT2D eigenvalue weighted by molar-refractivity contribution is 7.92. The summed E-state index contributed by atoms with van der Waals surface area (Å²) in [5.41, 5.74) is 3.27. The minimum Gasteiger partial charge on any atom is -0.495 e. The molecule has 0 saturated carbocycles. The number of methoxy groups -OCH3 is 1. The van der Waals surface area contributed by atoms with Gasteiger partial charge in [0.1, 0.15) is 12.3 Å². The summed E-state index contributed by atoms with van der Waals surface area (Å²) in [5, 5.41) is 4.36. The molecule has 26 heavy (non-hydrogen) atoms. The Morgan fingerprint density at radius 1 is 1.27 bits per heavy atom. The molecule has 0 saturated heterocycles. The number of nitrogens with zero attached hydrogens (tertiary/aromatic N) is 2. The first-order valence-electron chi connectivity index (χ1n) is 7.49. The van der Waals surface area contributed by atoms with E-state index in [0.717, 1.165) is 10.6 Å². The van der Waals surface area contributed by atoms with Crippen LogP contribution in [0.25, 0.3) is 0 Å². The Balaban J connectivity index is 2.12. The number of sulfonamides is 1. The fourth-order valence-corrected chi connectivity index (χ4v) is 3.21. The van der Waals surface area contributed by atoms with Crippen molar-refractivity contribution in [1.29, 1.82) is 0 Å². The third kappa shape index (κ3) is 5.47. The fraction of sp³-hybridized carbons (Fsp3) is 0.176. The molecule has 2 aromatic rings. The third-order valence-electron chi connectivity index (χ3n) is 3.29. The molecular formula is C17H18ClN3O4S. The van der Waals surface area contributed by atoms with Crippen molar-refractivity contribution in [2.45, 2.75) is 0 Å². The maximum atomic E-state index is 12.1. The van der Waals surface area contributed by atoms with Crippen LogP contribution in [-0.2, 0) is 14.8 Å². The van der Waals surface area contributed by atoms with E-state index in [1.54, 1.807) is 48.5 Å². The van der Waals surface area contributed by atoms with Gasteiger partial charge in [0.15, 0.2) is 0 Å². The van der Waals surface area contributed by atoms with Crippen LogP contribution in [0.1, 0.15) is 5.56 Å². The van der Waals surface area contributed by atoms with E-state index in [9.17, 15) is 13.2 Å². The molecule has 0 heterocycles. The second-order valence-corrected chi connectivity index (χ2v) is 7.63. The lowest BCUT2D eigenvalue weighted by Crippen LogP contribution is -2.39. The maximum absolute atomic E-state index is 12.1. The number of amides is 1. The smallest absolute Gasteiger partial charge is 0.260 e. The van der Waals surface area contributed by atoms with E-state index < -0.39 is 22.5 Å². The normalized spacial score (nSPS) is 11.3. The minimum atomic E-state index is -3.71. The second kappa shape index (κ2) is 8.68. The number of hydrogen-bond donors (Lipinski definition) is 1. The maximum Gasteiger partial charge on any atom is 0.260 e. The van der Waals surface area contributed by atoms with Crippen LogP contribution in [0.3, 0.4) is 0 Å². The van der Waals surface area contributed by atoms with Gasteiger partial charge in [-0.3, -0.25) is 9.10 Å². The number of rotatable bonds is 7. The Morgan fingerprint density at radius 3 is 2.65 bits per heavy atom. The van der Waals surface area contributed by atoms with Gasteiger partial charge in [0.25, 0.3) is 5.91 Å². The lowest BCUT2D eigenvalue weighted by molar-refractivity contribution is -0.119. The molecule has 0 fully saturated rings. The number of ether oxygens (including phenoxy) is 1. The highest BCUT2D eigenvalue weighted by Gasteiger charge is 2.23. The summed E-state index contributed by atoms with van der Waals surface area (Å²) in [4.78, 5) is 12.1. The number of benzene rings is 2. The number of carbonyl (C=O) groups excluding carboxylic acids is 1. The average molecular weight is 396 g/mol. The number of nitrogens with one attached hydrogen (secondary N) is 1. The molecule has 0 bridgehead atoms. The van der Waals surface area contributed by atoms with Crippen LogP contribution in [0.4, 0.5) is 5.69 Å². The Labute approximate surface area is 157 Å². The van der Waals surface area contributed by atoms with Crippen molar-refractivity contribution >= 4 is 39.4 Å². The molecule has 0 aliphatic carbocycles. The average Bonchev–Trinajstić information content (AvgIpc) is 2.59. The second-order valence-electron chi connectivity index (χ2n) is 5.29. The summed E-state index contributed by atoms with van der Waals surface area (Å²) >= 11 is 5.87. The summed E-state index contributed by atoms with van der Waals surface area (Å²) in [7, 11) is -2.28. The summed E-state index contributed by atoms with van der Waals surface area (Å²) in [5.74, 6) is -0.257. The zero-order valence-corrected chi connectivity index (χ0v) is 15.8. The Bertz CT molecular complexity index is 916. The van der Waals surface area contributed by atoms with Crippen LogP contribution < -0.4 is 14.5 Å². The Kier molecular flexibility index (Phi) is 6.59. The predicted octanol–water partition coefficient (Wildman–Crippen LogP) is 2.26. The molecule has 1 N–H and O–H groups in total. The van der Waals surface area contributed by atoms with Gasteiger partial charge in [-0.2, -0.15) is 5.10 Å². The Morgan fingerprint density at radius 2 is 2.00 bits per heavy atom. The number of para-hydroxylation sites is 2. The van der Waals surface area contributed by atoms with Gasteiger partial charge in [0.2, 0.25) is 10.0 Å². The SMILES string of the molecule is COc1ccccc1N(CC(=O)N/N=C\c1cccc(Cl)c1)S(C)(=O)=O. The molecule has 7 nitrogen and oxygen atoms in total. The number of hydrogen-bond acceptors (Lipinski definition) is 5. The van der Waals surface area contributed by atoms with Crippen molar-refractivity contribution in [1.82, 2.24) is 5.43 Å². The van der Waals surface area contributed by atoms with Crippen LogP contribution in [-0.4, -0.2) is 40.4 Å². The van der Waals surface area contributed by atoms with Crippen molar-refractivity contribution in [3.05, 3.63) is 59.1 Å². The number of carbonyl (C=O) groups is 1. The van der Waals surface area contributed by atoms with Crippen LogP contribution in [0.2, 0.25) is 5.02 Å². The van der Waals surface area contributed by atoms with E-state index in [2.05, 4.69) is 10.5 Å².